The predicted molar refractivity (Wildman–Crippen MR) is 158 cm³/mol. The topological polar surface area (TPSA) is 0 Å². The molecule has 0 aliphatic heterocycles. The average molecular weight is 477 g/mol. The lowest BCUT2D eigenvalue weighted by molar-refractivity contribution is 0.493. The van der Waals surface area contributed by atoms with Gasteiger partial charge in [0.2, 0.25) is 0 Å². The van der Waals surface area contributed by atoms with E-state index < -0.39 is 0 Å². The van der Waals surface area contributed by atoms with Crippen molar-refractivity contribution in [2.75, 3.05) is 0 Å². The Bertz CT molecular complexity index is 980. The average Bonchev–Trinajstić information content (AvgIpc) is 2.63. The van der Waals surface area contributed by atoms with Crippen LogP contribution in [0, 0.1) is 0 Å². The van der Waals surface area contributed by atoms with Crippen molar-refractivity contribution >= 4 is 0 Å². The molecule has 0 heteroatoms. The van der Waals surface area contributed by atoms with Crippen molar-refractivity contribution in [2.45, 2.75) is 150 Å². The first kappa shape index (κ1) is 29.7. The fourth-order valence-electron chi connectivity index (χ4n) is 5.83. The first-order chi connectivity index (χ1) is 15.6. The van der Waals surface area contributed by atoms with E-state index >= 15 is 0 Å². The highest BCUT2D eigenvalue weighted by molar-refractivity contribution is 5.51. The second-order valence-electron chi connectivity index (χ2n) is 16.0. The van der Waals surface area contributed by atoms with Gasteiger partial charge in [0.1, 0.15) is 0 Å². The quantitative estimate of drug-likeness (QED) is 0.411. The van der Waals surface area contributed by atoms with E-state index in [1.807, 2.05) is 0 Å². The summed E-state index contributed by atoms with van der Waals surface area (Å²) in [6.45, 7) is 35.6. The maximum Gasteiger partial charge on any atom is -0.0126 e. The molecule has 0 saturated heterocycles. The number of hydrogen-bond donors (Lipinski definition) is 0. The lowest BCUT2D eigenvalue weighted by Crippen LogP contribution is -2.29. The largest absolute Gasteiger partial charge is 0.0617 e. The Hall–Kier alpha value is -1.56. The van der Waals surface area contributed by atoms with Gasteiger partial charge in [0.05, 0.1) is 0 Å². The minimum absolute atomic E-state index is 0.110. The summed E-state index contributed by atoms with van der Waals surface area (Å²) in [5, 5.41) is 0. The molecular weight excluding hydrogens is 420 g/mol. The third-order valence-corrected chi connectivity index (χ3v) is 7.26. The summed E-state index contributed by atoms with van der Waals surface area (Å²) in [7, 11) is 0. The van der Waals surface area contributed by atoms with Gasteiger partial charge in [-0.25, -0.2) is 0 Å². The Balaban J connectivity index is 2.59. The maximum atomic E-state index is 2.46. The van der Waals surface area contributed by atoms with Gasteiger partial charge in [0, 0.05) is 0 Å². The van der Waals surface area contributed by atoms with E-state index in [0.717, 1.165) is 12.8 Å². The van der Waals surface area contributed by atoms with Gasteiger partial charge in [0.25, 0.3) is 0 Å². The Morgan fingerprint density at radius 1 is 0.429 bits per heavy atom. The molecule has 2 aromatic rings. The normalized spacial score (nSPS) is 13.9. The highest BCUT2D eigenvalue weighted by Crippen LogP contribution is 2.43. The fraction of sp³-hybridized carbons (Fsp3) is 0.657. The zero-order valence-electron chi connectivity index (χ0n) is 26.0. The van der Waals surface area contributed by atoms with Gasteiger partial charge < -0.3 is 0 Å². The third kappa shape index (κ3) is 7.02. The molecule has 0 aliphatic carbocycles. The van der Waals surface area contributed by atoms with E-state index in [1.54, 1.807) is 22.3 Å². The number of aryl methyl sites for hydroxylation is 1. The zero-order valence-corrected chi connectivity index (χ0v) is 26.0. The number of hydrogen-bond acceptors (Lipinski definition) is 0. The van der Waals surface area contributed by atoms with E-state index in [1.165, 1.54) is 23.1 Å². The van der Waals surface area contributed by atoms with Crippen LogP contribution in [0.15, 0.2) is 30.3 Å². The van der Waals surface area contributed by atoms with Crippen molar-refractivity contribution in [2.24, 2.45) is 0 Å². The monoisotopic (exact) mass is 476 g/mol. The van der Waals surface area contributed by atoms with Crippen LogP contribution in [-0.4, -0.2) is 0 Å². The highest BCUT2D eigenvalue weighted by Gasteiger charge is 2.33. The summed E-state index contributed by atoms with van der Waals surface area (Å²) in [6, 6.07) is 11.9. The van der Waals surface area contributed by atoms with Crippen LogP contribution in [0.5, 0.6) is 0 Å². The molecule has 0 nitrogen and oxygen atoms in total. The molecule has 0 radical (unpaired) electrons. The van der Waals surface area contributed by atoms with Crippen molar-refractivity contribution in [1.82, 2.24) is 0 Å². The smallest absolute Gasteiger partial charge is 0.0126 e. The Morgan fingerprint density at radius 3 is 1.23 bits per heavy atom. The zero-order chi connectivity index (χ0) is 27.2. The molecular formula is C35H56. The summed E-state index contributed by atoms with van der Waals surface area (Å²) >= 11 is 0. The second kappa shape index (κ2) is 9.72. The van der Waals surface area contributed by atoms with Crippen LogP contribution in [0.25, 0.3) is 0 Å². The van der Waals surface area contributed by atoms with E-state index in [9.17, 15) is 0 Å². The third-order valence-electron chi connectivity index (χ3n) is 7.26. The van der Waals surface area contributed by atoms with E-state index in [4.69, 9.17) is 0 Å². The van der Waals surface area contributed by atoms with Crippen LogP contribution >= 0.6 is 0 Å². The summed E-state index contributed by atoms with van der Waals surface area (Å²) in [6.07, 6.45) is 3.44. The minimum atomic E-state index is 0.110. The molecule has 0 bridgehead atoms. The molecule has 0 atom stereocenters. The Kier molecular flexibility index (Phi) is 8.24. The van der Waals surface area contributed by atoms with Crippen LogP contribution in [0.2, 0.25) is 0 Å². The predicted octanol–water partition coefficient (Wildman–Crippen LogP) is 10.3. The Labute approximate surface area is 219 Å². The van der Waals surface area contributed by atoms with Gasteiger partial charge in [-0.3, -0.25) is 0 Å². The van der Waals surface area contributed by atoms with Crippen molar-refractivity contribution < 1.29 is 0 Å². The molecule has 2 rings (SSSR count). The molecule has 0 aromatic heterocycles. The van der Waals surface area contributed by atoms with Gasteiger partial charge in [-0.1, -0.05) is 134 Å². The fourth-order valence-corrected chi connectivity index (χ4v) is 5.83. The van der Waals surface area contributed by atoms with Crippen LogP contribution in [0.3, 0.4) is 0 Å². The first-order valence-electron chi connectivity index (χ1n) is 13.9. The molecule has 0 amide bonds. The van der Waals surface area contributed by atoms with E-state index in [0.29, 0.717) is 0 Å². The minimum Gasteiger partial charge on any atom is -0.0617 e. The van der Waals surface area contributed by atoms with E-state index in [2.05, 4.69) is 134 Å². The molecule has 0 fully saturated rings. The molecule has 2 aromatic carbocycles. The summed E-state index contributed by atoms with van der Waals surface area (Å²) in [4.78, 5) is 0. The lowest BCUT2D eigenvalue weighted by Gasteiger charge is -2.38. The van der Waals surface area contributed by atoms with E-state index in [-0.39, 0.29) is 27.1 Å². The maximum absolute atomic E-state index is 2.46. The highest BCUT2D eigenvalue weighted by atomic mass is 14.4. The van der Waals surface area contributed by atoms with Crippen LogP contribution < -0.4 is 0 Å². The van der Waals surface area contributed by atoms with Crippen LogP contribution in [0.1, 0.15) is 149 Å². The van der Waals surface area contributed by atoms with Gasteiger partial charge in [-0.15, -0.1) is 0 Å². The molecule has 0 N–H and O–H groups in total. The van der Waals surface area contributed by atoms with Gasteiger partial charge in [-0.05, 0) is 85.3 Å². The molecule has 35 heavy (non-hydrogen) atoms. The van der Waals surface area contributed by atoms with Crippen molar-refractivity contribution in [3.63, 3.8) is 0 Å². The number of benzene rings is 2. The molecule has 0 unspecified atom stereocenters. The molecule has 0 saturated carbocycles. The summed E-state index contributed by atoms with van der Waals surface area (Å²) < 4.78 is 0. The lowest BCUT2D eigenvalue weighted by atomic mass is 9.67. The first-order valence-corrected chi connectivity index (χ1v) is 13.9. The standard InChI is InChI=1S/C35H56/c1-31(2,3)26-20-17-21-27(32(4,5)6)25(26)19-16-18-24-22-23-28(33(7,8)9)30(35(13,14)15)29(24)34(10,11)12/h17,20-23H,16,18-19H2,1-15H3. The van der Waals surface area contributed by atoms with Crippen LogP contribution in [0.4, 0.5) is 0 Å². The molecule has 0 aliphatic rings. The molecule has 0 heterocycles. The van der Waals surface area contributed by atoms with Crippen molar-refractivity contribution in [3.05, 3.63) is 69.3 Å². The molecule has 0 spiro atoms. The Morgan fingerprint density at radius 2 is 0.857 bits per heavy atom. The summed E-state index contributed by atoms with van der Waals surface area (Å²) in [5.41, 5.74) is 11.5. The van der Waals surface area contributed by atoms with Crippen LogP contribution in [-0.2, 0) is 39.9 Å². The summed E-state index contributed by atoms with van der Waals surface area (Å²) in [5.74, 6) is 0. The SMILES string of the molecule is CC(C)(C)c1cccc(C(C)(C)C)c1CCCc1ccc(C(C)(C)C)c(C(C)(C)C)c1C(C)(C)C. The van der Waals surface area contributed by atoms with Gasteiger partial charge in [0.15, 0.2) is 0 Å². The number of rotatable bonds is 4. The van der Waals surface area contributed by atoms with Crippen molar-refractivity contribution in [3.8, 4) is 0 Å². The van der Waals surface area contributed by atoms with Gasteiger partial charge in [-0.2, -0.15) is 0 Å². The second-order valence-corrected chi connectivity index (χ2v) is 16.0. The molecule has 196 valence electrons. The van der Waals surface area contributed by atoms with Crippen molar-refractivity contribution in [1.29, 1.82) is 0 Å². The van der Waals surface area contributed by atoms with Gasteiger partial charge >= 0.3 is 0 Å².